The van der Waals surface area contributed by atoms with E-state index in [0.29, 0.717) is 12.0 Å². The second-order valence-corrected chi connectivity index (χ2v) is 4.14. The van der Waals surface area contributed by atoms with Crippen molar-refractivity contribution in [3.05, 3.63) is 50.7 Å². The fourth-order valence-electron chi connectivity index (χ4n) is 1.39. The van der Waals surface area contributed by atoms with Crippen LogP contribution in [0.2, 0.25) is 0 Å². The van der Waals surface area contributed by atoms with Crippen LogP contribution in [0.25, 0.3) is 5.69 Å². The number of carbonyl (C=O) groups excluding carboxylic acids is 1. The van der Waals surface area contributed by atoms with Crippen LogP contribution in [0.3, 0.4) is 0 Å². The van der Waals surface area contributed by atoms with Gasteiger partial charge in [-0.15, -0.1) is 0 Å². The Kier molecular flexibility index (Phi) is 3.01. The number of nitro benzene ring substituents is 1. The van der Waals surface area contributed by atoms with E-state index in [2.05, 4.69) is 21.0 Å². The van der Waals surface area contributed by atoms with Crippen molar-refractivity contribution in [2.24, 2.45) is 0 Å². The quantitative estimate of drug-likeness (QED) is 0.495. The van der Waals surface area contributed by atoms with E-state index in [1.165, 1.54) is 22.9 Å². The molecular formula is C10H6BrN3O3. The van der Waals surface area contributed by atoms with Crippen LogP contribution in [-0.4, -0.2) is 21.0 Å². The van der Waals surface area contributed by atoms with Gasteiger partial charge in [0.15, 0.2) is 6.29 Å². The third kappa shape index (κ3) is 2.23. The van der Waals surface area contributed by atoms with E-state index in [-0.39, 0.29) is 11.3 Å². The van der Waals surface area contributed by atoms with Crippen molar-refractivity contribution in [1.29, 1.82) is 0 Å². The zero-order valence-corrected chi connectivity index (χ0v) is 9.99. The monoisotopic (exact) mass is 295 g/mol. The second-order valence-electron chi connectivity index (χ2n) is 3.22. The number of nitro groups is 1. The molecule has 0 spiro atoms. The number of aromatic nitrogens is 2. The van der Waals surface area contributed by atoms with E-state index in [9.17, 15) is 14.9 Å². The van der Waals surface area contributed by atoms with E-state index < -0.39 is 4.92 Å². The first-order valence-electron chi connectivity index (χ1n) is 4.56. The van der Waals surface area contributed by atoms with Gasteiger partial charge in [0.05, 0.1) is 26.8 Å². The molecule has 1 aromatic carbocycles. The van der Waals surface area contributed by atoms with Gasteiger partial charge in [-0.3, -0.25) is 14.9 Å². The average Bonchev–Trinajstić information content (AvgIpc) is 2.75. The minimum absolute atomic E-state index is 0.0270. The molecule has 7 heteroatoms. The van der Waals surface area contributed by atoms with Crippen LogP contribution in [0.15, 0.2) is 35.1 Å². The number of carbonyl (C=O) groups is 1. The van der Waals surface area contributed by atoms with Crippen LogP contribution in [-0.2, 0) is 0 Å². The smallest absolute Gasteiger partial charge is 0.280 e. The van der Waals surface area contributed by atoms with Gasteiger partial charge in [-0.05, 0) is 28.1 Å². The molecule has 2 aromatic rings. The maximum atomic E-state index is 10.8. The molecule has 0 N–H and O–H groups in total. The summed E-state index contributed by atoms with van der Waals surface area (Å²) in [4.78, 5) is 20.8. The number of nitrogens with zero attached hydrogens (tertiary/aromatic N) is 3. The average molecular weight is 296 g/mol. The standard InChI is InChI=1S/C10H6BrN3O3/c11-8-4-12-13(5-8)9-1-2-10(14(16)17)7(3-9)6-15/h1-6H. The summed E-state index contributed by atoms with van der Waals surface area (Å²) in [5.74, 6) is 0. The molecule has 86 valence electrons. The van der Waals surface area contributed by atoms with Crippen molar-refractivity contribution < 1.29 is 9.72 Å². The Morgan fingerprint density at radius 2 is 2.24 bits per heavy atom. The number of hydrogen-bond donors (Lipinski definition) is 0. The minimum atomic E-state index is -0.591. The van der Waals surface area contributed by atoms with E-state index >= 15 is 0 Å². The van der Waals surface area contributed by atoms with Crippen molar-refractivity contribution in [2.45, 2.75) is 0 Å². The maximum absolute atomic E-state index is 10.8. The highest BCUT2D eigenvalue weighted by atomic mass is 79.9. The Balaban J connectivity index is 2.52. The predicted molar refractivity (Wildman–Crippen MR) is 63.3 cm³/mol. The van der Waals surface area contributed by atoms with Crippen molar-refractivity contribution in [3.8, 4) is 5.69 Å². The fraction of sp³-hybridized carbons (Fsp3) is 0. The molecule has 0 aliphatic carbocycles. The SMILES string of the molecule is O=Cc1cc(-n2cc(Br)cn2)ccc1[N+](=O)[O-]. The van der Waals surface area contributed by atoms with Crippen LogP contribution in [0.4, 0.5) is 5.69 Å². The first-order valence-corrected chi connectivity index (χ1v) is 5.35. The largest absolute Gasteiger partial charge is 0.298 e. The van der Waals surface area contributed by atoms with Crippen LogP contribution in [0, 0.1) is 10.1 Å². The number of halogens is 1. The Labute approximate surface area is 104 Å². The summed E-state index contributed by atoms with van der Waals surface area (Å²) >= 11 is 3.24. The van der Waals surface area contributed by atoms with Crippen LogP contribution in [0.1, 0.15) is 10.4 Å². The molecule has 1 aromatic heterocycles. The van der Waals surface area contributed by atoms with Gasteiger partial charge >= 0.3 is 0 Å². The van der Waals surface area contributed by atoms with Gasteiger partial charge in [0.25, 0.3) is 5.69 Å². The van der Waals surface area contributed by atoms with E-state index in [1.807, 2.05) is 0 Å². The van der Waals surface area contributed by atoms with Crippen LogP contribution >= 0.6 is 15.9 Å². The highest BCUT2D eigenvalue weighted by Crippen LogP contribution is 2.21. The Morgan fingerprint density at radius 3 is 2.76 bits per heavy atom. The summed E-state index contributed by atoms with van der Waals surface area (Å²) in [6.07, 6.45) is 3.73. The van der Waals surface area contributed by atoms with Crippen LogP contribution < -0.4 is 0 Å². The summed E-state index contributed by atoms with van der Waals surface area (Å²) < 4.78 is 2.30. The zero-order chi connectivity index (χ0) is 12.4. The normalized spacial score (nSPS) is 10.2. The van der Waals surface area contributed by atoms with Gasteiger partial charge in [0.2, 0.25) is 0 Å². The minimum Gasteiger partial charge on any atom is -0.298 e. The van der Waals surface area contributed by atoms with Crippen molar-refractivity contribution in [3.63, 3.8) is 0 Å². The Morgan fingerprint density at radius 1 is 1.47 bits per heavy atom. The molecule has 0 saturated heterocycles. The molecule has 1 heterocycles. The van der Waals surface area contributed by atoms with Gasteiger partial charge in [-0.25, -0.2) is 4.68 Å². The van der Waals surface area contributed by atoms with Gasteiger partial charge in [-0.2, -0.15) is 5.10 Å². The number of aldehydes is 1. The molecule has 0 saturated carbocycles. The van der Waals surface area contributed by atoms with E-state index in [0.717, 1.165) is 4.47 Å². The lowest BCUT2D eigenvalue weighted by molar-refractivity contribution is -0.385. The molecule has 0 unspecified atom stereocenters. The lowest BCUT2D eigenvalue weighted by Gasteiger charge is -2.02. The number of benzene rings is 1. The molecule has 0 bridgehead atoms. The molecule has 0 atom stereocenters. The summed E-state index contributed by atoms with van der Waals surface area (Å²) in [5, 5.41) is 14.7. The summed E-state index contributed by atoms with van der Waals surface area (Å²) in [5.41, 5.74) is 0.400. The third-order valence-electron chi connectivity index (χ3n) is 2.15. The molecule has 0 radical (unpaired) electrons. The predicted octanol–water partition coefficient (Wildman–Crippen LogP) is 2.36. The molecule has 17 heavy (non-hydrogen) atoms. The Hall–Kier alpha value is -2.02. The van der Waals surface area contributed by atoms with E-state index in [4.69, 9.17) is 0 Å². The highest BCUT2D eigenvalue weighted by molar-refractivity contribution is 9.10. The molecular weight excluding hydrogens is 290 g/mol. The zero-order valence-electron chi connectivity index (χ0n) is 8.41. The van der Waals surface area contributed by atoms with E-state index in [1.54, 1.807) is 12.4 Å². The van der Waals surface area contributed by atoms with Gasteiger partial charge in [0, 0.05) is 12.3 Å². The van der Waals surface area contributed by atoms with Crippen LogP contribution in [0.5, 0.6) is 0 Å². The molecule has 6 nitrogen and oxygen atoms in total. The van der Waals surface area contributed by atoms with Crippen molar-refractivity contribution in [2.75, 3.05) is 0 Å². The van der Waals surface area contributed by atoms with Crippen molar-refractivity contribution in [1.82, 2.24) is 9.78 Å². The Bertz CT molecular complexity index is 594. The molecule has 2 rings (SSSR count). The van der Waals surface area contributed by atoms with Gasteiger partial charge in [0.1, 0.15) is 0 Å². The fourth-order valence-corrected chi connectivity index (χ4v) is 1.67. The summed E-state index contributed by atoms with van der Waals surface area (Å²) in [6.45, 7) is 0. The maximum Gasteiger partial charge on any atom is 0.280 e. The third-order valence-corrected chi connectivity index (χ3v) is 2.56. The topological polar surface area (TPSA) is 78.0 Å². The molecule has 0 amide bonds. The first kappa shape index (κ1) is 11.5. The van der Waals surface area contributed by atoms with Gasteiger partial charge in [-0.1, -0.05) is 0 Å². The first-order chi connectivity index (χ1) is 8.11. The van der Waals surface area contributed by atoms with Crippen molar-refractivity contribution >= 4 is 27.9 Å². The lowest BCUT2D eigenvalue weighted by atomic mass is 10.2. The summed E-state index contributed by atoms with van der Waals surface area (Å²) in [7, 11) is 0. The highest BCUT2D eigenvalue weighted by Gasteiger charge is 2.14. The lowest BCUT2D eigenvalue weighted by Crippen LogP contribution is -1.99. The number of hydrogen-bond acceptors (Lipinski definition) is 4. The molecule has 0 aliphatic heterocycles. The van der Waals surface area contributed by atoms with Gasteiger partial charge < -0.3 is 0 Å². The number of rotatable bonds is 3. The molecule has 0 fully saturated rings. The second kappa shape index (κ2) is 4.46. The summed E-state index contributed by atoms with van der Waals surface area (Å²) in [6, 6.07) is 4.24. The molecule has 0 aliphatic rings.